The number of anilines is 1. The van der Waals surface area contributed by atoms with Crippen LogP contribution in [0.4, 0.5) is 5.82 Å². The number of fused-ring (bicyclic) bond motifs is 1. The van der Waals surface area contributed by atoms with Crippen LogP contribution >= 0.6 is 0 Å². The van der Waals surface area contributed by atoms with Crippen molar-refractivity contribution in [3.05, 3.63) is 24.0 Å². The quantitative estimate of drug-likeness (QED) is 0.746. The van der Waals surface area contributed by atoms with Gasteiger partial charge in [0.05, 0.1) is 12.1 Å². The lowest BCUT2D eigenvalue weighted by Gasteiger charge is -2.44. The van der Waals surface area contributed by atoms with E-state index in [9.17, 15) is 4.79 Å². The molecule has 2 saturated heterocycles. The zero-order valence-electron chi connectivity index (χ0n) is 18.2. The molecule has 2 fully saturated rings. The zero-order chi connectivity index (χ0) is 20.5. The van der Waals surface area contributed by atoms with Gasteiger partial charge in [-0.15, -0.1) is 0 Å². The zero-order valence-corrected chi connectivity index (χ0v) is 18.2. The Bertz CT molecular complexity index is 848. The van der Waals surface area contributed by atoms with Crippen molar-refractivity contribution >= 4 is 17.4 Å². The van der Waals surface area contributed by atoms with E-state index in [0.29, 0.717) is 17.7 Å². The number of nitrogens with zero attached hydrogens (tertiary/aromatic N) is 6. The van der Waals surface area contributed by atoms with Crippen LogP contribution in [-0.4, -0.2) is 76.6 Å². The number of aromatic nitrogens is 3. The molecule has 0 bridgehead atoms. The molecule has 2 aliphatic rings. The Balaban J connectivity index is 1.48. The molecule has 2 aliphatic heterocycles. The van der Waals surface area contributed by atoms with Gasteiger partial charge in [-0.05, 0) is 38.3 Å². The van der Waals surface area contributed by atoms with Gasteiger partial charge in [-0.25, -0.2) is 4.98 Å². The minimum atomic E-state index is 0.0949. The van der Waals surface area contributed by atoms with E-state index in [1.54, 1.807) is 6.20 Å². The molecule has 0 N–H and O–H groups in total. The number of carbonyl (C=O) groups excluding carboxylic acids is 1. The molecule has 0 unspecified atom stereocenters. The van der Waals surface area contributed by atoms with Crippen LogP contribution in [-0.2, 0) is 11.2 Å². The molecule has 29 heavy (non-hydrogen) atoms. The largest absolute Gasteiger partial charge is 0.354 e. The van der Waals surface area contributed by atoms with Crippen molar-refractivity contribution in [3.63, 3.8) is 0 Å². The summed E-state index contributed by atoms with van der Waals surface area (Å²) in [7, 11) is 2.14. The summed E-state index contributed by atoms with van der Waals surface area (Å²) in [5.74, 6) is 2.74. The van der Waals surface area contributed by atoms with Gasteiger partial charge < -0.3 is 14.7 Å². The smallest absolute Gasteiger partial charge is 0.229 e. The van der Waals surface area contributed by atoms with E-state index in [0.717, 1.165) is 57.2 Å². The molecule has 1 amide bonds. The Morgan fingerprint density at radius 2 is 1.93 bits per heavy atom. The van der Waals surface area contributed by atoms with Crippen LogP contribution in [0.3, 0.4) is 0 Å². The van der Waals surface area contributed by atoms with Crippen LogP contribution in [0.5, 0.6) is 0 Å². The fourth-order valence-electron chi connectivity index (χ4n) is 4.79. The third-order valence-corrected chi connectivity index (χ3v) is 6.48. The summed E-state index contributed by atoms with van der Waals surface area (Å²) in [6.07, 6.45) is 5.94. The first-order valence-electron chi connectivity index (χ1n) is 11.0. The summed E-state index contributed by atoms with van der Waals surface area (Å²) < 4.78 is 1.94. The van der Waals surface area contributed by atoms with Crippen LogP contribution < -0.4 is 4.90 Å². The van der Waals surface area contributed by atoms with Crippen LogP contribution in [0.1, 0.15) is 32.8 Å². The third-order valence-electron chi connectivity index (χ3n) is 6.48. The maximum atomic E-state index is 13.1. The molecular formula is C22H34N6O. The SMILES string of the molecule is CCN(C)CCc1cnc2ccnn2c1N1CC(C(=O)N2C[C@H](C)C[C@H](C)C2)C1. The average Bonchev–Trinajstić information content (AvgIpc) is 3.13. The minimum Gasteiger partial charge on any atom is -0.354 e. The summed E-state index contributed by atoms with van der Waals surface area (Å²) in [5.41, 5.74) is 2.06. The number of piperidine rings is 1. The first-order chi connectivity index (χ1) is 14.0. The normalized spacial score (nSPS) is 23.1. The van der Waals surface area contributed by atoms with Gasteiger partial charge in [-0.1, -0.05) is 20.8 Å². The first kappa shape index (κ1) is 20.1. The van der Waals surface area contributed by atoms with Crippen molar-refractivity contribution in [2.24, 2.45) is 17.8 Å². The number of likely N-dealkylation sites (N-methyl/N-ethyl adjacent to an activating group) is 1. The number of hydrogen-bond acceptors (Lipinski definition) is 5. The monoisotopic (exact) mass is 398 g/mol. The van der Waals surface area contributed by atoms with Crippen LogP contribution in [0, 0.1) is 17.8 Å². The number of hydrogen-bond donors (Lipinski definition) is 0. The van der Waals surface area contributed by atoms with Crippen molar-refractivity contribution in [1.82, 2.24) is 24.4 Å². The minimum absolute atomic E-state index is 0.0949. The molecule has 4 heterocycles. The van der Waals surface area contributed by atoms with E-state index in [1.807, 2.05) is 16.8 Å². The van der Waals surface area contributed by atoms with E-state index in [-0.39, 0.29) is 5.92 Å². The Labute approximate surface area is 173 Å². The number of likely N-dealkylation sites (tertiary alicyclic amines) is 1. The van der Waals surface area contributed by atoms with Crippen LogP contribution in [0.2, 0.25) is 0 Å². The molecule has 0 radical (unpaired) electrons. The molecule has 2 aromatic heterocycles. The molecule has 0 aromatic carbocycles. The van der Waals surface area contributed by atoms with E-state index < -0.39 is 0 Å². The lowest BCUT2D eigenvalue weighted by Crippen LogP contribution is -2.57. The molecule has 7 nitrogen and oxygen atoms in total. The Hall–Kier alpha value is -2.15. The highest BCUT2D eigenvalue weighted by molar-refractivity contribution is 5.82. The first-order valence-corrected chi connectivity index (χ1v) is 11.0. The second kappa shape index (κ2) is 8.30. The van der Waals surface area contributed by atoms with E-state index in [1.165, 1.54) is 12.0 Å². The standard InChI is InChI=1S/C22H34N6O/c1-5-25(4)9-7-18-11-23-20-6-8-24-28(20)21(18)26-14-19(15-26)22(29)27-12-16(2)10-17(3)13-27/h6,8,11,16-17,19H,5,7,9-10,12-15H2,1-4H3/t16-,17+. The Morgan fingerprint density at radius 1 is 1.21 bits per heavy atom. The summed E-state index contributed by atoms with van der Waals surface area (Å²) in [6, 6.07) is 1.93. The summed E-state index contributed by atoms with van der Waals surface area (Å²) >= 11 is 0. The molecule has 158 valence electrons. The highest BCUT2D eigenvalue weighted by Crippen LogP contribution is 2.31. The highest BCUT2D eigenvalue weighted by Gasteiger charge is 2.39. The predicted molar refractivity (Wildman–Crippen MR) is 115 cm³/mol. The van der Waals surface area contributed by atoms with Crippen molar-refractivity contribution < 1.29 is 4.79 Å². The highest BCUT2D eigenvalue weighted by atomic mass is 16.2. The van der Waals surface area contributed by atoms with Crippen LogP contribution in [0.25, 0.3) is 5.65 Å². The second-order valence-corrected chi connectivity index (χ2v) is 9.15. The maximum Gasteiger partial charge on any atom is 0.229 e. The van der Waals surface area contributed by atoms with Gasteiger partial charge in [0.15, 0.2) is 5.65 Å². The molecule has 0 spiro atoms. The van der Waals surface area contributed by atoms with Gasteiger partial charge in [0.2, 0.25) is 5.91 Å². The van der Waals surface area contributed by atoms with Crippen molar-refractivity contribution in [2.45, 2.75) is 33.6 Å². The van der Waals surface area contributed by atoms with E-state index >= 15 is 0 Å². The lowest BCUT2D eigenvalue weighted by atomic mass is 9.89. The molecule has 2 atom stereocenters. The van der Waals surface area contributed by atoms with E-state index in [4.69, 9.17) is 0 Å². The number of amides is 1. The summed E-state index contributed by atoms with van der Waals surface area (Å²) in [6.45, 7) is 12.1. The van der Waals surface area contributed by atoms with Crippen molar-refractivity contribution in [1.29, 1.82) is 0 Å². The molecular weight excluding hydrogens is 364 g/mol. The third kappa shape index (κ3) is 4.10. The van der Waals surface area contributed by atoms with Crippen LogP contribution in [0.15, 0.2) is 18.5 Å². The van der Waals surface area contributed by atoms with Gasteiger partial charge >= 0.3 is 0 Å². The fraction of sp³-hybridized carbons (Fsp3) is 0.682. The van der Waals surface area contributed by atoms with Gasteiger partial charge in [0.1, 0.15) is 5.82 Å². The molecule has 4 rings (SSSR count). The lowest BCUT2D eigenvalue weighted by molar-refractivity contribution is -0.139. The van der Waals surface area contributed by atoms with Crippen molar-refractivity contribution in [2.75, 3.05) is 51.2 Å². The van der Waals surface area contributed by atoms with Gasteiger partial charge in [0, 0.05) is 50.6 Å². The molecule has 2 aromatic rings. The molecule has 0 aliphatic carbocycles. The molecule has 7 heteroatoms. The Morgan fingerprint density at radius 3 is 2.62 bits per heavy atom. The number of carbonyl (C=O) groups is 1. The average molecular weight is 399 g/mol. The maximum absolute atomic E-state index is 13.1. The van der Waals surface area contributed by atoms with Crippen molar-refractivity contribution in [3.8, 4) is 0 Å². The second-order valence-electron chi connectivity index (χ2n) is 9.15. The Kier molecular flexibility index (Phi) is 5.76. The number of rotatable bonds is 6. The van der Waals surface area contributed by atoms with Gasteiger partial charge in [-0.3, -0.25) is 4.79 Å². The fourth-order valence-corrected chi connectivity index (χ4v) is 4.79. The van der Waals surface area contributed by atoms with Gasteiger partial charge in [-0.2, -0.15) is 9.61 Å². The van der Waals surface area contributed by atoms with Gasteiger partial charge in [0.25, 0.3) is 0 Å². The topological polar surface area (TPSA) is 57.0 Å². The molecule has 0 saturated carbocycles. The summed E-state index contributed by atoms with van der Waals surface area (Å²) in [4.78, 5) is 24.3. The predicted octanol–water partition coefficient (Wildman–Crippen LogP) is 2.16. The van der Waals surface area contributed by atoms with E-state index in [2.05, 4.69) is 52.6 Å². The summed E-state index contributed by atoms with van der Waals surface area (Å²) in [5, 5.41) is 4.51.